The van der Waals surface area contributed by atoms with Gasteiger partial charge in [-0.15, -0.1) is 0 Å². The largest absolute Gasteiger partial charge is 0.466 e. The minimum atomic E-state index is -0.381. The van der Waals surface area contributed by atoms with Crippen molar-refractivity contribution in [2.24, 2.45) is 0 Å². The molecule has 0 spiro atoms. The molecule has 0 bridgehead atoms. The topological polar surface area (TPSA) is 69.0 Å². The van der Waals surface area contributed by atoms with E-state index < -0.39 is 0 Å². The van der Waals surface area contributed by atoms with Crippen molar-refractivity contribution in [1.82, 2.24) is 14.8 Å². The molecule has 112 valence electrons. The fourth-order valence-corrected chi connectivity index (χ4v) is 2.45. The van der Waals surface area contributed by atoms with Crippen LogP contribution in [-0.4, -0.2) is 27.8 Å². The van der Waals surface area contributed by atoms with Gasteiger partial charge in [0.25, 0.3) is 0 Å². The number of nitrogens with zero attached hydrogens (tertiary/aromatic N) is 3. The molecule has 0 fully saturated rings. The fraction of sp³-hybridized carbons (Fsp3) is 0.188. The zero-order valence-corrected chi connectivity index (χ0v) is 12.4. The summed E-state index contributed by atoms with van der Waals surface area (Å²) in [5, 5.41) is 7.27. The van der Waals surface area contributed by atoms with E-state index in [1.807, 2.05) is 49.4 Å². The van der Waals surface area contributed by atoms with Crippen molar-refractivity contribution < 1.29 is 9.53 Å². The Hall–Kier alpha value is -2.89. The number of esters is 1. The first-order valence-corrected chi connectivity index (χ1v) is 6.89. The number of benzene rings is 1. The summed E-state index contributed by atoms with van der Waals surface area (Å²) in [6, 6.07) is 9.52. The monoisotopic (exact) mass is 296 g/mol. The summed E-state index contributed by atoms with van der Waals surface area (Å²) in [5.41, 5.74) is 2.28. The molecular formula is C16H16N4O2. The van der Waals surface area contributed by atoms with Gasteiger partial charge < -0.3 is 10.1 Å². The summed E-state index contributed by atoms with van der Waals surface area (Å²) in [6.45, 7) is 1.83. The lowest BCUT2D eigenvalue weighted by molar-refractivity contribution is -0.136. The van der Waals surface area contributed by atoms with Gasteiger partial charge in [-0.2, -0.15) is 10.1 Å². The molecule has 1 atom stereocenters. The van der Waals surface area contributed by atoms with Gasteiger partial charge >= 0.3 is 5.97 Å². The van der Waals surface area contributed by atoms with E-state index in [4.69, 9.17) is 4.74 Å². The molecule has 0 radical (unpaired) electrons. The van der Waals surface area contributed by atoms with Crippen molar-refractivity contribution in [3.05, 3.63) is 59.6 Å². The Labute approximate surface area is 128 Å². The number of methoxy groups -OCH3 is 1. The molecule has 3 rings (SSSR count). The van der Waals surface area contributed by atoms with Crippen LogP contribution in [0.1, 0.15) is 18.5 Å². The quantitative estimate of drug-likeness (QED) is 0.881. The van der Waals surface area contributed by atoms with Crippen LogP contribution in [0.3, 0.4) is 0 Å². The van der Waals surface area contributed by atoms with Crippen LogP contribution in [0, 0.1) is 0 Å². The number of nitrogens with one attached hydrogen (secondary N) is 1. The van der Waals surface area contributed by atoms with E-state index >= 15 is 0 Å². The molecule has 0 amide bonds. The van der Waals surface area contributed by atoms with Crippen molar-refractivity contribution >= 4 is 18.0 Å². The third-order valence-electron chi connectivity index (χ3n) is 3.51. The highest BCUT2D eigenvalue weighted by Gasteiger charge is 2.30. The lowest BCUT2D eigenvalue weighted by Gasteiger charge is -2.25. The van der Waals surface area contributed by atoms with Gasteiger partial charge in [0.2, 0.25) is 5.95 Å². The van der Waals surface area contributed by atoms with E-state index in [9.17, 15) is 4.79 Å². The second-order valence-corrected chi connectivity index (χ2v) is 4.90. The van der Waals surface area contributed by atoms with E-state index in [-0.39, 0.29) is 12.0 Å². The Morgan fingerprint density at radius 2 is 2.14 bits per heavy atom. The number of hydrogen-bond acceptors (Lipinski definition) is 5. The Balaban J connectivity index is 2.02. The van der Waals surface area contributed by atoms with Gasteiger partial charge in [-0.05, 0) is 12.5 Å². The molecule has 1 N–H and O–H groups in total. The number of rotatable bonds is 3. The molecule has 22 heavy (non-hydrogen) atoms. The third kappa shape index (κ3) is 2.50. The van der Waals surface area contributed by atoms with Gasteiger partial charge in [0, 0.05) is 5.70 Å². The average Bonchev–Trinajstić information content (AvgIpc) is 3.00. The highest BCUT2D eigenvalue weighted by atomic mass is 16.5. The number of carbonyl (C=O) groups is 1. The molecule has 2 heterocycles. The van der Waals surface area contributed by atoms with Crippen molar-refractivity contribution in [3.8, 4) is 0 Å². The number of ether oxygens (including phenoxy) is 1. The lowest BCUT2D eigenvalue weighted by Crippen LogP contribution is -2.27. The number of anilines is 1. The van der Waals surface area contributed by atoms with Gasteiger partial charge in [-0.1, -0.05) is 42.5 Å². The molecule has 2 aromatic rings. The van der Waals surface area contributed by atoms with Crippen LogP contribution in [0.5, 0.6) is 0 Å². The highest BCUT2D eigenvalue weighted by molar-refractivity contribution is 5.92. The van der Waals surface area contributed by atoms with E-state index in [1.54, 1.807) is 4.68 Å². The maximum atomic E-state index is 12.1. The summed E-state index contributed by atoms with van der Waals surface area (Å²) in [4.78, 5) is 16.3. The maximum Gasteiger partial charge on any atom is 0.338 e. The van der Waals surface area contributed by atoms with Crippen LogP contribution in [0.25, 0.3) is 6.08 Å². The van der Waals surface area contributed by atoms with Crippen molar-refractivity contribution in [3.63, 3.8) is 0 Å². The summed E-state index contributed by atoms with van der Waals surface area (Å²) in [6.07, 6.45) is 5.33. The molecule has 1 aliphatic rings. The first-order valence-electron chi connectivity index (χ1n) is 6.89. The summed E-state index contributed by atoms with van der Waals surface area (Å²) >= 11 is 0. The van der Waals surface area contributed by atoms with Gasteiger partial charge in [0.15, 0.2) is 0 Å². The smallest absolute Gasteiger partial charge is 0.338 e. The zero-order chi connectivity index (χ0) is 15.5. The Kier molecular flexibility index (Phi) is 3.74. The Bertz CT molecular complexity index is 747. The third-order valence-corrected chi connectivity index (χ3v) is 3.51. The molecule has 6 nitrogen and oxygen atoms in total. The average molecular weight is 296 g/mol. The minimum absolute atomic E-state index is 0.355. The molecule has 0 saturated heterocycles. The zero-order valence-electron chi connectivity index (χ0n) is 12.4. The van der Waals surface area contributed by atoms with Crippen LogP contribution < -0.4 is 5.32 Å². The predicted molar refractivity (Wildman–Crippen MR) is 82.9 cm³/mol. The Morgan fingerprint density at radius 3 is 2.86 bits per heavy atom. The second kappa shape index (κ2) is 5.85. The van der Waals surface area contributed by atoms with Crippen LogP contribution in [0.4, 0.5) is 5.95 Å². The number of allylic oxidation sites excluding steroid dienone is 2. The van der Waals surface area contributed by atoms with Gasteiger partial charge in [-0.3, -0.25) is 0 Å². The van der Waals surface area contributed by atoms with Gasteiger partial charge in [0.1, 0.15) is 12.4 Å². The molecule has 1 aromatic heterocycles. The summed E-state index contributed by atoms with van der Waals surface area (Å²) in [7, 11) is 1.37. The number of hydrogen-bond donors (Lipinski definition) is 1. The first-order chi connectivity index (χ1) is 10.7. The maximum absolute atomic E-state index is 12.1. The van der Waals surface area contributed by atoms with Crippen LogP contribution in [0.15, 0.2) is 54.0 Å². The number of fused-ring (bicyclic) bond motifs is 1. The molecule has 0 saturated carbocycles. The summed E-state index contributed by atoms with van der Waals surface area (Å²) < 4.78 is 6.57. The van der Waals surface area contributed by atoms with E-state index in [0.717, 1.165) is 11.3 Å². The summed E-state index contributed by atoms with van der Waals surface area (Å²) in [5.74, 6) is 0.224. The fourth-order valence-electron chi connectivity index (χ4n) is 2.45. The van der Waals surface area contributed by atoms with Crippen LogP contribution in [-0.2, 0) is 9.53 Å². The molecular weight excluding hydrogens is 280 g/mol. The highest BCUT2D eigenvalue weighted by Crippen LogP contribution is 2.31. The minimum Gasteiger partial charge on any atom is -0.466 e. The van der Waals surface area contributed by atoms with Crippen molar-refractivity contribution in [2.45, 2.75) is 13.0 Å². The van der Waals surface area contributed by atoms with Crippen LogP contribution >= 0.6 is 0 Å². The number of aromatic nitrogens is 3. The molecule has 1 aromatic carbocycles. The van der Waals surface area contributed by atoms with Crippen LogP contribution in [0.2, 0.25) is 0 Å². The second-order valence-electron chi connectivity index (χ2n) is 4.90. The standard InChI is InChI=1S/C16H16N4O2/c1-11-14(15(21)22-2)13(20-16(19-11)17-10-18-20)9-8-12-6-4-3-5-7-12/h3-10,13H,1-2H3,(H,17,18,19)/b9-8+. The van der Waals surface area contributed by atoms with E-state index in [0.29, 0.717) is 11.5 Å². The molecule has 0 aliphatic carbocycles. The first kappa shape index (κ1) is 14.1. The normalized spacial score (nSPS) is 17.3. The molecule has 6 heteroatoms. The van der Waals surface area contributed by atoms with E-state index in [2.05, 4.69) is 15.4 Å². The SMILES string of the molecule is COC(=O)C1=C(C)Nc2ncnn2C1/C=C/c1ccccc1. The van der Waals surface area contributed by atoms with Crippen molar-refractivity contribution in [2.75, 3.05) is 12.4 Å². The molecule has 1 aliphatic heterocycles. The molecule has 1 unspecified atom stereocenters. The van der Waals surface area contributed by atoms with Gasteiger partial charge in [-0.25, -0.2) is 9.48 Å². The lowest BCUT2D eigenvalue weighted by atomic mass is 10.0. The van der Waals surface area contributed by atoms with E-state index in [1.165, 1.54) is 13.4 Å². The van der Waals surface area contributed by atoms with Crippen molar-refractivity contribution in [1.29, 1.82) is 0 Å². The Morgan fingerprint density at radius 1 is 1.36 bits per heavy atom. The predicted octanol–water partition coefficient (Wildman–Crippen LogP) is 2.41. The van der Waals surface area contributed by atoms with Gasteiger partial charge in [0.05, 0.1) is 12.7 Å². The number of carbonyl (C=O) groups excluding carboxylic acids is 1.